The summed E-state index contributed by atoms with van der Waals surface area (Å²) in [6.45, 7) is 0. The van der Waals surface area contributed by atoms with Gasteiger partial charge in [0.2, 0.25) is 0 Å². The molecule has 0 bridgehead atoms. The number of carbonyl (C=O) groups is 1. The number of rotatable bonds is 2. The van der Waals surface area contributed by atoms with Gasteiger partial charge >= 0.3 is 0 Å². The molecule has 0 aliphatic rings. The number of thiophene rings is 1. The Morgan fingerprint density at radius 3 is 2.61 bits per heavy atom. The molecule has 2 rings (SSSR count). The Hall–Kier alpha value is -0.430. The summed E-state index contributed by atoms with van der Waals surface area (Å²) in [5.41, 5.74) is 0.363. The van der Waals surface area contributed by atoms with Crippen LogP contribution in [0.15, 0.2) is 32.5 Å². The van der Waals surface area contributed by atoms with E-state index in [1.807, 2.05) is 0 Å². The Morgan fingerprint density at radius 1 is 1.33 bits per heavy atom. The fourth-order valence-electron chi connectivity index (χ4n) is 1.23. The van der Waals surface area contributed by atoms with Crippen molar-refractivity contribution >= 4 is 66.4 Å². The summed E-state index contributed by atoms with van der Waals surface area (Å²) >= 11 is 13.4. The minimum atomic E-state index is -0.567. The van der Waals surface area contributed by atoms with Crippen LogP contribution in [0, 0.1) is 5.82 Å². The predicted octanol–water partition coefficient (Wildman–Crippen LogP) is 5.32. The second kappa shape index (κ2) is 5.69. The van der Waals surface area contributed by atoms with Crippen molar-refractivity contribution in [3.05, 3.63) is 48.2 Å². The van der Waals surface area contributed by atoms with Gasteiger partial charge in [0, 0.05) is 10.2 Å². The Kier molecular flexibility index (Phi) is 4.42. The van der Waals surface area contributed by atoms with Gasteiger partial charge in [-0.1, -0.05) is 11.6 Å². The molecule has 0 saturated carbocycles. The molecule has 0 unspecified atom stereocenters. The third-order valence-electron chi connectivity index (χ3n) is 2.05. The van der Waals surface area contributed by atoms with Gasteiger partial charge in [-0.25, -0.2) is 4.39 Å². The van der Waals surface area contributed by atoms with E-state index in [1.165, 1.54) is 23.5 Å². The number of hydrogen-bond acceptors (Lipinski definition) is 2. The maximum atomic E-state index is 13.2. The standard InChI is InChI=1S/C11H5Br2ClFNOS/c12-6-4-9(18-10(6)13)11(17)16-5-1-2-7(14)8(15)3-5/h1-4H,(H,16,17). The Labute approximate surface area is 128 Å². The molecule has 0 atom stereocenters. The van der Waals surface area contributed by atoms with Crippen molar-refractivity contribution in [1.29, 1.82) is 0 Å². The van der Waals surface area contributed by atoms with Gasteiger partial charge in [0.25, 0.3) is 5.91 Å². The van der Waals surface area contributed by atoms with E-state index in [4.69, 9.17) is 11.6 Å². The van der Waals surface area contributed by atoms with Crippen molar-refractivity contribution < 1.29 is 9.18 Å². The van der Waals surface area contributed by atoms with Crippen LogP contribution in [0.3, 0.4) is 0 Å². The van der Waals surface area contributed by atoms with E-state index in [0.717, 1.165) is 8.26 Å². The average molecular weight is 413 g/mol. The quantitative estimate of drug-likeness (QED) is 0.710. The third kappa shape index (κ3) is 3.12. The van der Waals surface area contributed by atoms with Crippen LogP contribution in [0.25, 0.3) is 0 Å². The lowest BCUT2D eigenvalue weighted by Gasteiger charge is -2.04. The molecule has 1 aromatic heterocycles. The highest BCUT2D eigenvalue weighted by atomic mass is 79.9. The third-order valence-corrected chi connectivity index (χ3v) is 5.61. The average Bonchev–Trinajstić information content (AvgIpc) is 2.65. The van der Waals surface area contributed by atoms with Crippen LogP contribution in [0.4, 0.5) is 10.1 Å². The molecule has 0 saturated heterocycles. The van der Waals surface area contributed by atoms with Crippen LogP contribution in [-0.2, 0) is 0 Å². The van der Waals surface area contributed by atoms with Crippen molar-refractivity contribution in [2.24, 2.45) is 0 Å². The van der Waals surface area contributed by atoms with E-state index < -0.39 is 5.82 Å². The van der Waals surface area contributed by atoms with Crippen LogP contribution in [0.5, 0.6) is 0 Å². The monoisotopic (exact) mass is 411 g/mol. The first-order valence-corrected chi connectivity index (χ1v) is 7.46. The first-order valence-electron chi connectivity index (χ1n) is 4.68. The molecule has 1 amide bonds. The summed E-state index contributed by atoms with van der Waals surface area (Å²) in [7, 11) is 0. The highest BCUT2D eigenvalue weighted by molar-refractivity contribution is 9.13. The van der Waals surface area contributed by atoms with Crippen molar-refractivity contribution in [2.45, 2.75) is 0 Å². The van der Waals surface area contributed by atoms with Crippen LogP contribution in [0.1, 0.15) is 9.67 Å². The molecule has 0 aliphatic heterocycles. The minimum Gasteiger partial charge on any atom is -0.321 e. The summed E-state index contributed by atoms with van der Waals surface area (Å²) in [6.07, 6.45) is 0. The fourth-order valence-corrected chi connectivity index (χ4v) is 3.27. The van der Waals surface area contributed by atoms with E-state index in [1.54, 1.807) is 12.1 Å². The van der Waals surface area contributed by atoms with Crippen molar-refractivity contribution in [3.63, 3.8) is 0 Å². The minimum absolute atomic E-state index is 0.0228. The van der Waals surface area contributed by atoms with Gasteiger partial charge in [0.15, 0.2) is 0 Å². The molecule has 0 radical (unpaired) electrons. The normalized spacial score (nSPS) is 10.4. The van der Waals surface area contributed by atoms with Gasteiger partial charge in [-0.05, 0) is 56.1 Å². The van der Waals surface area contributed by atoms with Crippen molar-refractivity contribution in [1.82, 2.24) is 0 Å². The number of benzene rings is 1. The molecule has 0 fully saturated rings. The van der Waals surface area contributed by atoms with E-state index in [2.05, 4.69) is 37.2 Å². The maximum absolute atomic E-state index is 13.2. The molecule has 0 spiro atoms. The molecule has 2 nitrogen and oxygen atoms in total. The molecule has 7 heteroatoms. The van der Waals surface area contributed by atoms with E-state index >= 15 is 0 Å². The van der Waals surface area contributed by atoms with Gasteiger partial charge in [0.1, 0.15) is 5.82 Å². The molecule has 1 heterocycles. The highest BCUT2D eigenvalue weighted by Gasteiger charge is 2.12. The van der Waals surface area contributed by atoms with Gasteiger partial charge in [-0.3, -0.25) is 4.79 Å². The first kappa shape index (κ1) is 14.0. The van der Waals surface area contributed by atoms with Gasteiger partial charge < -0.3 is 5.32 Å². The van der Waals surface area contributed by atoms with Crippen LogP contribution >= 0.6 is 54.8 Å². The summed E-state index contributed by atoms with van der Waals surface area (Å²) in [5, 5.41) is 2.62. The molecular weight excluding hydrogens is 408 g/mol. The van der Waals surface area contributed by atoms with Crippen LogP contribution in [-0.4, -0.2) is 5.91 Å². The smallest absolute Gasteiger partial charge is 0.265 e. The lowest BCUT2D eigenvalue weighted by molar-refractivity contribution is 0.103. The summed E-state index contributed by atoms with van der Waals surface area (Å²) in [5.74, 6) is -0.865. The molecule has 94 valence electrons. The second-order valence-electron chi connectivity index (χ2n) is 3.32. The number of hydrogen-bond donors (Lipinski definition) is 1. The predicted molar refractivity (Wildman–Crippen MR) is 79.1 cm³/mol. The number of amides is 1. The Morgan fingerprint density at radius 2 is 2.06 bits per heavy atom. The van der Waals surface area contributed by atoms with Crippen molar-refractivity contribution in [2.75, 3.05) is 5.32 Å². The number of carbonyl (C=O) groups excluding carboxylic acids is 1. The summed E-state index contributed by atoms with van der Waals surface area (Å²) < 4.78 is 14.8. The molecule has 1 N–H and O–H groups in total. The summed E-state index contributed by atoms with van der Waals surface area (Å²) in [4.78, 5) is 12.4. The topological polar surface area (TPSA) is 29.1 Å². The zero-order valence-electron chi connectivity index (χ0n) is 8.64. The molecule has 18 heavy (non-hydrogen) atoms. The Balaban J connectivity index is 2.18. The zero-order chi connectivity index (χ0) is 13.3. The van der Waals surface area contributed by atoms with Gasteiger partial charge in [0.05, 0.1) is 13.7 Å². The maximum Gasteiger partial charge on any atom is 0.265 e. The number of nitrogens with one attached hydrogen (secondary N) is 1. The van der Waals surface area contributed by atoms with Crippen LogP contribution < -0.4 is 5.32 Å². The van der Waals surface area contributed by atoms with Gasteiger partial charge in [-0.15, -0.1) is 11.3 Å². The molecule has 2 aromatic rings. The first-order chi connectivity index (χ1) is 8.47. The number of anilines is 1. The molecular formula is C11H5Br2ClFNOS. The summed E-state index contributed by atoms with van der Waals surface area (Å²) in [6, 6.07) is 5.81. The highest BCUT2D eigenvalue weighted by Crippen LogP contribution is 2.32. The Bertz CT molecular complexity index is 598. The fraction of sp³-hybridized carbons (Fsp3) is 0. The van der Waals surface area contributed by atoms with E-state index in [9.17, 15) is 9.18 Å². The second-order valence-corrected chi connectivity index (χ2v) is 6.95. The van der Waals surface area contributed by atoms with Crippen molar-refractivity contribution in [3.8, 4) is 0 Å². The largest absolute Gasteiger partial charge is 0.321 e. The van der Waals surface area contributed by atoms with E-state index in [-0.39, 0.29) is 10.9 Å². The number of halogens is 4. The lowest BCUT2D eigenvalue weighted by Crippen LogP contribution is -2.10. The van der Waals surface area contributed by atoms with E-state index in [0.29, 0.717) is 10.6 Å². The van der Waals surface area contributed by atoms with Gasteiger partial charge in [-0.2, -0.15) is 0 Å². The zero-order valence-corrected chi connectivity index (χ0v) is 13.4. The molecule has 0 aliphatic carbocycles. The SMILES string of the molecule is O=C(Nc1ccc(Cl)c(F)c1)c1cc(Br)c(Br)s1. The van der Waals surface area contributed by atoms with Crippen LogP contribution in [0.2, 0.25) is 5.02 Å². The molecule has 1 aromatic carbocycles. The lowest BCUT2D eigenvalue weighted by atomic mass is 10.3.